The molecular formula is C25H19N5O4S. The van der Waals surface area contributed by atoms with E-state index in [1.165, 1.54) is 34.4 Å². The third-order valence-corrected chi connectivity index (χ3v) is 7.25. The largest absolute Gasteiger partial charge is 0.269 e. The molecule has 0 bridgehead atoms. The number of nitro groups is 1. The third-order valence-electron chi connectivity index (χ3n) is 5.57. The lowest BCUT2D eigenvalue weighted by Crippen LogP contribution is -2.12. The Kier molecular flexibility index (Phi) is 5.50. The molecule has 0 amide bonds. The molecule has 3 aromatic heterocycles. The lowest BCUT2D eigenvalue weighted by molar-refractivity contribution is -0.384. The average Bonchev–Trinajstić information content (AvgIpc) is 3.50. The minimum Gasteiger partial charge on any atom is -0.268 e. The van der Waals surface area contributed by atoms with Gasteiger partial charge < -0.3 is 0 Å². The van der Waals surface area contributed by atoms with Gasteiger partial charge in [0.25, 0.3) is 15.7 Å². The zero-order chi connectivity index (χ0) is 24.6. The number of rotatable bonds is 7. The van der Waals surface area contributed by atoms with Crippen LogP contribution < -0.4 is 0 Å². The summed E-state index contributed by atoms with van der Waals surface area (Å²) in [6, 6.07) is 17.8. The van der Waals surface area contributed by atoms with E-state index in [0.29, 0.717) is 23.2 Å². The van der Waals surface area contributed by atoms with Crippen molar-refractivity contribution in [1.82, 2.24) is 18.7 Å². The van der Waals surface area contributed by atoms with Crippen molar-refractivity contribution < 1.29 is 13.3 Å². The standard InChI is InChI=1S/C25H19N5O4S/c1-2-15-28-17-23(24(27-28)18-8-10-19(11-9-18)30(31)32)21-12-14-26-25-22(21)13-16-29(25)35(33,34)20-6-4-3-5-7-20/h2-14,16-17H,1,15H2. The molecule has 0 fully saturated rings. The van der Waals surface area contributed by atoms with Crippen molar-refractivity contribution in [1.29, 1.82) is 0 Å². The first-order valence-electron chi connectivity index (χ1n) is 10.6. The second-order valence-electron chi connectivity index (χ2n) is 7.73. The Hall–Kier alpha value is -4.57. The summed E-state index contributed by atoms with van der Waals surface area (Å²) < 4.78 is 29.4. The number of nitro benzene ring substituents is 1. The van der Waals surface area contributed by atoms with Crippen LogP contribution in [0, 0.1) is 10.1 Å². The normalized spacial score (nSPS) is 11.5. The predicted molar refractivity (Wildman–Crippen MR) is 132 cm³/mol. The van der Waals surface area contributed by atoms with Crippen LogP contribution >= 0.6 is 0 Å². The van der Waals surface area contributed by atoms with Crippen molar-refractivity contribution in [3.63, 3.8) is 0 Å². The molecule has 35 heavy (non-hydrogen) atoms. The highest BCUT2D eigenvalue weighted by atomic mass is 32.2. The molecule has 0 spiro atoms. The molecule has 0 radical (unpaired) electrons. The van der Waals surface area contributed by atoms with E-state index in [1.54, 1.807) is 59.4 Å². The zero-order valence-corrected chi connectivity index (χ0v) is 19.2. The van der Waals surface area contributed by atoms with E-state index in [2.05, 4.69) is 16.7 Å². The van der Waals surface area contributed by atoms with Crippen LogP contribution in [0.15, 0.2) is 103 Å². The van der Waals surface area contributed by atoms with E-state index in [9.17, 15) is 18.5 Å². The fraction of sp³-hybridized carbons (Fsp3) is 0.0400. The Morgan fingerprint density at radius 2 is 1.74 bits per heavy atom. The minimum atomic E-state index is -3.84. The molecule has 0 aliphatic heterocycles. The number of fused-ring (bicyclic) bond motifs is 1. The zero-order valence-electron chi connectivity index (χ0n) is 18.4. The quantitative estimate of drug-likeness (QED) is 0.184. The van der Waals surface area contributed by atoms with Crippen LogP contribution in [-0.4, -0.2) is 32.1 Å². The van der Waals surface area contributed by atoms with Gasteiger partial charge in [0.2, 0.25) is 0 Å². The molecule has 0 aliphatic carbocycles. The molecule has 0 N–H and O–H groups in total. The molecule has 3 heterocycles. The Labute approximate surface area is 200 Å². The van der Waals surface area contributed by atoms with Crippen LogP contribution in [0.5, 0.6) is 0 Å². The Morgan fingerprint density at radius 3 is 2.43 bits per heavy atom. The second kappa shape index (κ2) is 8.65. The summed E-state index contributed by atoms with van der Waals surface area (Å²) in [4.78, 5) is 15.1. The fourth-order valence-electron chi connectivity index (χ4n) is 3.95. The van der Waals surface area contributed by atoms with E-state index in [1.807, 2.05) is 6.20 Å². The van der Waals surface area contributed by atoms with Gasteiger partial charge in [0.15, 0.2) is 5.65 Å². The maximum absolute atomic E-state index is 13.3. The van der Waals surface area contributed by atoms with Gasteiger partial charge in [-0.05, 0) is 42.0 Å². The van der Waals surface area contributed by atoms with Gasteiger partial charge in [0, 0.05) is 47.2 Å². The molecule has 5 aromatic rings. The van der Waals surface area contributed by atoms with Gasteiger partial charge in [-0.3, -0.25) is 14.8 Å². The number of hydrogen-bond acceptors (Lipinski definition) is 6. The fourth-order valence-corrected chi connectivity index (χ4v) is 5.27. The first-order valence-corrected chi connectivity index (χ1v) is 12.0. The molecular weight excluding hydrogens is 466 g/mol. The van der Waals surface area contributed by atoms with Crippen LogP contribution in [0.3, 0.4) is 0 Å². The van der Waals surface area contributed by atoms with Crippen LogP contribution in [0.1, 0.15) is 0 Å². The van der Waals surface area contributed by atoms with Gasteiger partial charge in [-0.15, -0.1) is 6.58 Å². The Balaban J connectivity index is 1.69. The first kappa shape index (κ1) is 22.2. The summed E-state index contributed by atoms with van der Waals surface area (Å²) in [6.45, 7) is 4.22. The number of benzene rings is 2. The molecule has 0 saturated carbocycles. The lowest BCUT2D eigenvalue weighted by Gasteiger charge is -2.08. The third kappa shape index (κ3) is 3.89. The summed E-state index contributed by atoms with van der Waals surface area (Å²) in [5.41, 5.74) is 3.04. The van der Waals surface area contributed by atoms with Gasteiger partial charge in [0.1, 0.15) is 5.69 Å². The molecule has 10 heteroatoms. The van der Waals surface area contributed by atoms with E-state index in [4.69, 9.17) is 0 Å². The van der Waals surface area contributed by atoms with Crippen molar-refractivity contribution in [2.45, 2.75) is 11.4 Å². The molecule has 0 atom stereocenters. The monoisotopic (exact) mass is 485 g/mol. The summed E-state index contributed by atoms with van der Waals surface area (Å²) in [5.74, 6) is 0. The first-order chi connectivity index (χ1) is 16.9. The van der Waals surface area contributed by atoms with Crippen molar-refractivity contribution in [3.8, 4) is 22.4 Å². The Bertz CT molecular complexity index is 1670. The van der Waals surface area contributed by atoms with E-state index >= 15 is 0 Å². The highest BCUT2D eigenvalue weighted by Gasteiger charge is 2.22. The highest BCUT2D eigenvalue weighted by molar-refractivity contribution is 7.90. The molecule has 2 aromatic carbocycles. The van der Waals surface area contributed by atoms with Gasteiger partial charge in [0.05, 0.1) is 16.4 Å². The number of non-ortho nitro benzene ring substituents is 1. The van der Waals surface area contributed by atoms with Crippen LogP contribution in [-0.2, 0) is 16.6 Å². The van der Waals surface area contributed by atoms with Gasteiger partial charge in [-0.25, -0.2) is 17.4 Å². The highest BCUT2D eigenvalue weighted by Crippen LogP contribution is 2.36. The molecule has 174 valence electrons. The van der Waals surface area contributed by atoms with E-state index < -0.39 is 14.9 Å². The van der Waals surface area contributed by atoms with Crippen LogP contribution in [0.2, 0.25) is 0 Å². The number of aromatic nitrogens is 4. The predicted octanol–water partition coefficient (Wildman–Crippen LogP) is 4.90. The molecule has 0 aliphatic rings. The minimum absolute atomic E-state index is 0.0182. The number of hydrogen-bond donors (Lipinski definition) is 0. The molecule has 0 unspecified atom stereocenters. The van der Waals surface area contributed by atoms with Crippen molar-refractivity contribution in [2.75, 3.05) is 0 Å². The van der Waals surface area contributed by atoms with Gasteiger partial charge in [-0.2, -0.15) is 5.10 Å². The smallest absolute Gasteiger partial charge is 0.268 e. The average molecular weight is 486 g/mol. The number of nitrogens with zero attached hydrogens (tertiary/aromatic N) is 5. The summed E-state index contributed by atoms with van der Waals surface area (Å²) in [5, 5.41) is 16.4. The maximum Gasteiger partial charge on any atom is 0.269 e. The van der Waals surface area contributed by atoms with Crippen LogP contribution in [0.4, 0.5) is 5.69 Å². The lowest BCUT2D eigenvalue weighted by atomic mass is 10.0. The van der Waals surface area contributed by atoms with Crippen molar-refractivity contribution >= 4 is 26.7 Å². The summed E-state index contributed by atoms with van der Waals surface area (Å²) >= 11 is 0. The summed E-state index contributed by atoms with van der Waals surface area (Å²) in [7, 11) is -3.84. The number of pyridine rings is 1. The molecule has 5 rings (SSSR count). The molecule has 9 nitrogen and oxygen atoms in total. The van der Waals surface area contributed by atoms with Crippen molar-refractivity contribution in [3.05, 3.63) is 108 Å². The van der Waals surface area contributed by atoms with Gasteiger partial charge >= 0.3 is 0 Å². The second-order valence-corrected chi connectivity index (χ2v) is 9.55. The van der Waals surface area contributed by atoms with E-state index in [0.717, 1.165) is 11.1 Å². The summed E-state index contributed by atoms with van der Waals surface area (Å²) in [6.07, 6.45) is 6.60. The number of allylic oxidation sites excluding steroid dienone is 1. The SMILES string of the molecule is C=CCn1cc(-c2ccnc3c2ccn3S(=O)(=O)c2ccccc2)c(-c2ccc([N+](=O)[O-])cc2)n1. The van der Waals surface area contributed by atoms with Gasteiger partial charge in [-0.1, -0.05) is 24.3 Å². The maximum atomic E-state index is 13.3. The van der Waals surface area contributed by atoms with E-state index in [-0.39, 0.29) is 16.2 Å². The molecule has 0 saturated heterocycles. The van der Waals surface area contributed by atoms with Crippen molar-refractivity contribution in [2.24, 2.45) is 0 Å². The van der Waals surface area contributed by atoms with Crippen LogP contribution in [0.25, 0.3) is 33.4 Å². The topological polar surface area (TPSA) is 113 Å². The Morgan fingerprint density at radius 1 is 1.00 bits per heavy atom.